The highest BCUT2D eigenvalue weighted by Crippen LogP contribution is 2.32. The van der Waals surface area contributed by atoms with Gasteiger partial charge >= 0.3 is 0 Å². The summed E-state index contributed by atoms with van der Waals surface area (Å²) in [5.74, 6) is 0.197. The molecule has 7 heteroatoms. The molecule has 0 spiro atoms. The average Bonchev–Trinajstić information content (AvgIpc) is 2.66. The van der Waals surface area contributed by atoms with Crippen molar-refractivity contribution in [1.82, 2.24) is 19.6 Å². The van der Waals surface area contributed by atoms with Crippen LogP contribution in [0.15, 0.2) is 0 Å². The highest BCUT2D eigenvalue weighted by atomic mass is 16.2. The van der Waals surface area contributed by atoms with E-state index in [1.165, 1.54) is 0 Å². The Morgan fingerprint density at radius 2 is 1.54 bits per heavy atom. The molecule has 0 bridgehead atoms. The number of hydrogen-bond donors (Lipinski definition) is 0. The third-order valence-electron chi connectivity index (χ3n) is 5.87. The Labute approximate surface area is 157 Å². The molecule has 0 atom stereocenters. The molecule has 2 amide bonds. The predicted octanol–water partition coefficient (Wildman–Crippen LogP) is 0.767. The Morgan fingerprint density at radius 1 is 0.962 bits per heavy atom. The summed E-state index contributed by atoms with van der Waals surface area (Å²) in [6, 6.07) is 2.42. The first-order chi connectivity index (χ1) is 12.4. The number of carbonyl (C=O) groups excluding carboxylic acids is 2. The summed E-state index contributed by atoms with van der Waals surface area (Å²) in [6.45, 7) is 4.56. The Balaban J connectivity index is 1.77. The lowest BCUT2D eigenvalue weighted by Crippen LogP contribution is -2.55. The first-order valence-electron chi connectivity index (χ1n) is 9.71. The summed E-state index contributed by atoms with van der Waals surface area (Å²) in [5.41, 5.74) is -0.607. The zero-order valence-electron chi connectivity index (χ0n) is 16.5. The van der Waals surface area contributed by atoms with Gasteiger partial charge in [-0.3, -0.25) is 14.5 Å². The van der Waals surface area contributed by atoms with Crippen molar-refractivity contribution in [2.24, 2.45) is 0 Å². The van der Waals surface area contributed by atoms with Crippen LogP contribution < -0.4 is 0 Å². The van der Waals surface area contributed by atoms with Crippen molar-refractivity contribution in [1.29, 1.82) is 5.26 Å². The Morgan fingerprint density at radius 3 is 2.08 bits per heavy atom. The smallest absolute Gasteiger partial charge is 0.237 e. The lowest BCUT2D eigenvalue weighted by Gasteiger charge is -2.41. The van der Waals surface area contributed by atoms with E-state index < -0.39 is 5.54 Å². The van der Waals surface area contributed by atoms with E-state index in [0.717, 1.165) is 64.8 Å². The molecule has 0 aromatic rings. The van der Waals surface area contributed by atoms with Crippen LogP contribution in [0, 0.1) is 11.3 Å². The predicted molar refractivity (Wildman–Crippen MR) is 100 cm³/mol. The molecule has 0 unspecified atom stereocenters. The number of rotatable bonds is 6. The summed E-state index contributed by atoms with van der Waals surface area (Å²) in [5, 5.41) is 9.65. The van der Waals surface area contributed by atoms with Gasteiger partial charge in [0.15, 0.2) is 0 Å². The Hall–Kier alpha value is -1.65. The summed E-state index contributed by atoms with van der Waals surface area (Å²) in [4.78, 5) is 32.2. The molecule has 2 rings (SSSR count). The number of nitrogens with zero attached hydrogens (tertiary/aromatic N) is 5. The molecule has 1 aliphatic heterocycles. The second kappa shape index (κ2) is 9.33. The fourth-order valence-corrected chi connectivity index (χ4v) is 3.84. The topological polar surface area (TPSA) is 70.9 Å². The van der Waals surface area contributed by atoms with Gasteiger partial charge in [-0.05, 0) is 12.8 Å². The second-order valence-corrected chi connectivity index (χ2v) is 7.81. The van der Waals surface area contributed by atoms with Gasteiger partial charge in [0.25, 0.3) is 0 Å². The van der Waals surface area contributed by atoms with Crippen molar-refractivity contribution in [3.05, 3.63) is 0 Å². The molecule has 2 aliphatic rings. The maximum absolute atomic E-state index is 12.7. The van der Waals surface area contributed by atoms with Gasteiger partial charge in [0.1, 0.15) is 5.54 Å². The van der Waals surface area contributed by atoms with Gasteiger partial charge in [-0.2, -0.15) is 5.26 Å². The molecule has 0 N–H and O–H groups in total. The van der Waals surface area contributed by atoms with Crippen LogP contribution in [0.5, 0.6) is 0 Å². The molecule has 7 nitrogen and oxygen atoms in total. The maximum atomic E-state index is 12.7. The Kier molecular flexibility index (Phi) is 7.42. The molecule has 1 saturated heterocycles. The molecule has 26 heavy (non-hydrogen) atoms. The highest BCUT2D eigenvalue weighted by molar-refractivity contribution is 5.79. The minimum atomic E-state index is -0.607. The number of amides is 2. The van der Waals surface area contributed by atoms with E-state index in [4.69, 9.17) is 0 Å². The van der Waals surface area contributed by atoms with Crippen LogP contribution in [0.2, 0.25) is 0 Å². The molecule has 1 saturated carbocycles. The van der Waals surface area contributed by atoms with E-state index in [-0.39, 0.29) is 11.8 Å². The van der Waals surface area contributed by atoms with E-state index in [9.17, 15) is 14.9 Å². The third kappa shape index (κ3) is 5.18. The first-order valence-corrected chi connectivity index (χ1v) is 9.71. The summed E-state index contributed by atoms with van der Waals surface area (Å²) in [6.07, 6.45) is 5.33. The van der Waals surface area contributed by atoms with Crippen molar-refractivity contribution in [3.63, 3.8) is 0 Å². The maximum Gasteiger partial charge on any atom is 0.237 e. The standard InChI is InChI=1S/C19H33N5O2/c1-21(2)17(25)7-10-23-11-13-24(14-12-23)15-18(26)22(3)19(16-20)8-5-4-6-9-19/h4-15H2,1-3H3. The van der Waals surface area contributed by atoms with Crippen molar-refractivity contribution in [3.8, 4) is 6.07 Å². The first kappa shape index (κ1) is 20.7. The van der Waals surface area contributed by atoms with Crippen LogP contribution in [-0.4, -0.2) is 97.4 Å². The molecule has 0 aromatic heterocycles. The quantitative estimate of drug-likeness (QED) is 0.697. The highest BCUT2D eigenvalue weighted by Gasteiger charge is 2.39. The number of likely N-dealkylation sites (N-methyl/N-ethyl adjacent to an activating group) is 1. The van der Waals surface area contributed by atoms with Crippen LogP contribution in [-0.2, 0) is 9.59 Å². The van der Waals surface area contributed by atoms with Crippen LogP contribution in [0.3, 0.4) is 0 Å². The van der Waals surface area contributed by atoms with Crippen molar-refractivity contribution >= 4 is 11.8 Å². The third-order valence-corrected chi connectivity index (χ3v) is 5.87. The lowest BCUT2D eigenvalue weighted by molar-refractivity contribution is -0.136. The zero-order valence-corrected chi connectivity index (χ0v) is 16.5. The SMILES string of the molecule is CN(C)C(=O)CCN1CCN(CC(=O)N(C)C2(C#N)CCCCC2)CC1. The molecule has 1 aliphatic carbocycles. The van der Waals surface area contributed by atoms with Gasteiger partial charge < -0.3 is 14.7 Å². The minimum absolute atomic E-state index is 0.0460. The summed E-state index contributed by atoms with van der Waals surface area (Å²) < 4.78 is 0. The van der Waals surface area contributed by atoms with Crippen LogP contribution in [0.25, 0.3) is 0 Å². The minimum Gasteiger partial charge on any atom is -0.349 e. The molecular formula is C19H33N5O2. The van der Waals surface area contributed by atoms with E-state index in [2.05, 4.69) is 15.9 Å². The second-order valence-electron chi connectivity index (χ2n) is 7.81. The summed E-state index contributed by atoms with van der Waals surface area (Å²) in [7, 11) is 5.35. The van der Waals surface area contributed by atoms with Crippen LogP contribution >= 0.6 is 0 Å². The molecule has 1 heterocycles. The van der Waals surface area contributed by atoms with Crippen molar-refractivity contribution in [2.45, 2.75) is 44.1 Å². The average molecular weight is 364 g/mol. The van der Waals surface area contributed by atoms with Gasteiger partial charge in [0, 0.05) is 60.3 Å². The molecule has 2 fully saturated rings. The molecular weight excluding hydrogens is 330 g/mol. The summed E-state index contributed by atoms with van der Waals surface area (Å²) >= 11 is 0. The number of hydrogen-bond acceptors (Lipinski definition) is 5. The molecule has 0 aromatic carbocycles. The normalized spacial score (nSPS) is 21.0. The van der Waals surface area contributed by atoms with E-state index in [1.807, 2.05) is 0 Å². The largest absolute Gasteiger partial charge is 0.349 e. The van der Waals surface area contributed by atoms with Crippen molar-refractivity contribution < 1.29 is 9.59 Å². The number of nitriles is 1. The monoisotopic (exact) mass is 363 g/mol. The molecule has 0 radical (unpaired) electrons. The number of piperazine rings is 1. The van der Waals surface area contributed by atoms with E-state index in [0.29, 0.717) is 13.0 Å². The van der Waals surface area contributed by atoms with E-state index >= 15 is 0 Å². The van der Waals surface area contributed by atoms with E-state index in [1.54, 1.807) is 30.9 Å². The van der Waals surface area contributed by atoms with Crippen LogP contribution in [0.1, 0.15) is 38.5 Å². The fraction of sp³-hybridized carbons (Fsp3) is 0.842. The molecule has 146 valence electrons. The van der Waals surface area contributed by atoms with Gasteiger partial charge in [-0.1, -0.05) is 19.3 Å². The fourth-order valence-electron chi connectivity index (χ4n) is 3.84. The van der Waals surface area contributed by atoms with Gasteiger partial charge in [0.2, 0.25) is 11.8 Å². The Bertz CT molecular complexity index is 529. The van der Waals surface area contributed by atoms with Crippen LogP contribution in [0.4, 0.5) is 0 Å². The van der Waals surface area contributed by atoms with Crippen molar-refractivity contribution in [2.75, 3.05) is 60.4 Å². The van der Waals surface area contributed by atoms with Gasteiger partial charge in [-0.25, -0.2) is 0 Å². The zero-order chi connectivity index (χ0) is 19.2. The van der Waals surface area contributed by atoms with Gasteiger partial charge in [0.05, 0.1) is 12.6 Å². The van der Waals surface area contributed by atoms with Gasteiger partial charge in [-0.15, -0.1) is 0 Å². The number of carbonyl (C=O) groups is 2. The lowest BCUT2D eigenvalue weighted by atomic mass is 9.81.